The third-order valence-electron chi connectivity index (χ3n) is 5.82. The van der Waals surface area contributed by atoms with Crippen LogP contribution in [0.15, 0.2) is 54.6 Å². The van der Waals surface area contributed by atoms with E-state index in [0.29, 0.717) is 11.6 Å². The Morgan fingerprint density at radius 1 is 1.03 bits per heavy atom. The number of rotatable bonds is 5. The van der Waals surface area contributed by atoms with Crippen molar-refractivity contribution in [2.24, 2.45) is 5.92 Å². The molecule has 0 aromatic heterocycles. The Bertz CT molecular complexity index is 848. The van der Waals surface area contributed by atoms with Crippen molar-refractivity contribution in [1.82, 2.24) is 10.2 Å². The summed E-state index contributed by atoms with van der Waals surface area (Å²) in [6, 6.07) is 17.8. The van der Waals surface area contributed by atoms with Gasteiger partial charge < -0.3 is 10.2 Å². The number of amides is 2. The summed E-state index contributed by atoms with van der Waals surface area (Å²) in [5.74, 6) is -0.304. The lowest BCUT2D eigenvalue weighted by Crippen LogP contribution is -2.46. The SMILES string of the molecule is O=C(NC1CCN(Cc2ccccc2)CC1)[C@@H]1CC(=O)N(c2ccc(Cl)cc2)C1. The van der Waals surface area contributed by atoms with Crippen LogP contribution in [-0.4, -0.2) is 42.4 Å². The van der Waals surface area contributed by atoms with Crippen LogP contribution in [0.25, 0.3) is 0 Å². The van der Waals surface area contributed by atoms with Crippen LogP contribution in [0.3, 0.4) is 0 Å². The molecule has 1 atom stereocenters. The van der Waals surface area contributed by atoms with E-state index < -0.39 is 0 Å². The van der Waals surface area contributed by atoms with Crippen molar-refractivity contribution < 1.29 is 9.59 Å². The molecule has 0 aliphatic carbocycles. The fourth-order valence-corrected chi connectivity index (χ4v) is 4.28. The molecule has 152 valence electrons. The van der Waals surface area contributed by atoms with Gasteiger partial charge in [-0.25, -0.2) is 0 Å². The van der Waals surface area contributed by atoms with Gasteiger partial charge in [0.2, 0.25) is 11.8 Å². The lowest BCUT2D eigenvalue weighted by atomic mass is 10.0. The number of halogens is 1. The van der Waals surface area contributed by atoms with Crippen LogP contribution in [0.2, 0.25) is 5.02 Å². The largest absolute Gasteiger partial charge is 0.353 e. The molecule has 2 heterocycles. The van der Waals surface area contributed by atoms with Gasteiger partial charge in [-0.3, -0.25) is 14.5 Å². The van der Waals surface area contributed by atoms with Gasteiger partial charge in [0, 0.05) is 49.4 Å². The second-order valence-corrected chi connectivity index (χ2v) is 8.36. The van der Waals surface area contributed by atoms with E-state index in [4.69, 9.17) is 11.6 Å². The number of anilines is 1. The van der Waals surface area contributed by atoms with E-state index in [1.54, 1.807) is 17.0 Å². The molecule has 29 heavy (non-hydrogen) atoms. The third kappa shape index (κ3) is 4.98. The highest BCUT2D eigenvalue weighted by Crippen LogP contribution is 2.27. The molecule has 6 heteroatoms. The number of nitrogens with one attached hydrogen (secondary N) is 1. The average Bonchev–Trinajstić information content (AvgIpc) is 3.13. The van der Waals surface area contributed by atoms with E-state index in [1.165, 1.54) is 5.56 Å². The summed E-state index contributed by atoms with van der Waals surface area (Å²) in [4.78, 5) is 29.2. The van der Waals surface area contributed by atoms with Gasteiger partial charge >= 0.3 is 0 Å². The van der Waals surface area contributed by atoms with Gasteiger partial charge in [-0.1, -0.05) is 41.9 Å². The van der Waals surface area contributed by atoms with Crippen LogP contribution in [-0.2, 0) is 16.1 Å². The number of hydrogen-bond donors (Lipinski definition) is 1. The molecular weight excluding hydrogens is 386 g/mol. The average molecular weight is 412 g/mol. The molecule has 2 saturated heterocycles. The van der Waals surface area contributed by atoms with E-state index in [-0.39, 0.29) is 30.2 Å². The van der Waals surface area contributed by atoms with Crippen molar-refractivity contribution in [1.29, 1.82) is 0 Å². The third-order valence-corrected chi connectivity index (χ3v) is 6.07. The van der Waals surface area contributed by atoms with Crippen LogP contribution in [0.1, 0.15) is 24.8 Å². The Morgan fingerprint density at radius 3 is 2.41 bits per heavy atom. The molecule has 0 spiro atoms. The molecular formula is C23H26ClN3O2. The second-order valence-electron chi connectivity index (χ2n) is 7.93. The predicted molar refractivity (Wildman–Crippen MR) is 115 cm³/mol. The number of nitrogens with zero attached hydrogens (tertiary/aromatic N) is 2. The first kappa shape index (κ1) is 19.9. The summed E-state index contributed by atoms with van der Waals surface area (Å²) in [5, 5.41) is 3.81. The van der Waals surface area contributed by atoms with Gasteiger partial charge in [0.1, 0.15) is 0 Å². The maximum atomic E-state index is 12.7. The summed E-state index contributed by atoms with van der Waals surface area (Å²) in [7, 11) is 0. The molecule has 1 N–H and O–H groups in total. The van der Waals surface area contributed by atoms with E-state index in [1.807, 2.05) is 18.2 Å². The minimum absolute atomic E-state index is 0.00340. The summed E-state index contributed by atoms with van der Waals surface area (Å²) in [6.07, 6.45) is 2.15. The van der Waals surface area contributed by atoms with Crippen molar-refractivity contribution in [2.75, 3.05) is 24.5 Å². The van der Waals surface area contributed by atoms with Crippen molar-refractivity contribution in [3.63, 3.8) is 0 Å². The first-order valence-electron chi connectivity index (χ1n) is 10.2. The zero-order chi connectivity index (χ0) is 20.2. The number of carbonyl (C=O) groups is 2. The minimum Gasteiger partial charge on any atom is -0.353 e. The highest BCUT2D eigenvalue weighted by atomic mass is 35.5. The minimum atomic E-state index is -0.291. The number of carbonyl (C=O) groups excluding carboxylic acids is 2. The number of likely N-dealkylation sites (tertiary alicyclic amines) is 1. The highest BCUT2D eigenvalue weighted by Gasteiger charge is 2.36. The quantitative estimate of drug-likeness (QED) is 0.819. The van der Waals surface area contributed by atoms with Crippen LogP contribution in [0.5, 0.6) is 0 Å². The lowest BCUT2D eigenvalue weighted by molar-refractivity contribution is -0.127. The molecule has 0 unspecified atom stereocenters. The summed E-state index contributed by atoms with van der Waals surface area (Å²) >= 11 is 5.93. The summed E-state index contributed by atoms with van der Waals surface area (Å²) in [5.41, 5.74) is 2.12. The first-order chi connectivity index (χ1) is 14.1. The standard InChI is InChI=1S/C23H26ClN3O2/c24-19-6-8-21(9-7-19)27-16-18(14-22(27)28)23(29)25-20-10-12-26(13-11-20)15-17-4-2-1-3-5-17/h1-9,18,20H,10-16H2,(H,25,29)/t18-/m1/s1. The maximum Gasteiger partial charge on any atom is 0.227 e. The number of hydrogen-bond acceptors (Lipinski definition) is 3. The molecule has 0 radical (unpaired) electrons. The monoisotopic (exact) mass is 411 g/mol. The maximum absolute atomic E-state index is 12.7. The van der Waals surface area contributed by atoms with Crippen molar-refractivity contribution in [3.8, 4) is 0 Å². The zero-order valence-electron chi connectivity index (χ0n) is 16.4. The van der Waals surface area contributed by atoms with Crippen LogP contribution in [0, 0.1) is 5.92 Å². The van der Waals surface area contributed by atoms with Crippen molar-refractivity contribution >= 4 is 29.1 Å². The molecule has 0 bridgehead atoms. The van der Waals surface area contributed by atoms with E-state index >= 15 is 0 Å². The second kappa shape index (κ2) is 8.97. The Kier molecular flexibility index (Phi) is 6.16. The molecule has 4 rings (SSSR count). The molecule has 2 aromatic carbocycles. The zero-order valence-corrected chi connectivity index (χ0v) is 17.1. The Labute approximate surface area is 176 Å². The Hall–Kier alpha value is -2.37. The van der Waals surface area contributed by atoms with Gasteiger partial charge in [-0.2, -0.15) is 0 Å². The summed E-state index contributed by atoms with van der Waals surface area (Å²) in [6.45, 7) is 3.33. The number of piperidine rings is 1. The van der Waals surface area contributed by atoms with E-state index in [0.717, 1.165) is 38.2 Å². The molecule has 5 nitrogen and oxygen atoms in total. The van der Waals surface area contributed by atoms with Gasteiger partial charge in [0.15, 0.2) is 0 Å². The first-order valence-corrected chi connectivity index (χ1v) is 10.6. The Balaban J connectivity index is 1.26. The fourth-order valence-electron chi connectivity index (χ4n) is 4.15. The van der Waals surface area contributed by atoms with E-state index in [9.17, 15) is 9.59 Å². The lowest BCUT2D eigenvalue weighted by Gasteiger charge is -2.32. The van der Waals surface area contributed by atoms with Gasteiger partial charge in [0.05, 0.1) is 5.92 Å². The molecule has 2 aromatic rings. The molecule has 2 amide bonds. The van der Waals surface area contributed by atoms with Crippen LogP contribution < -0.4 is 10.2 Å². The van der Waals surface area contributed by atoms with Gasteiger partial charge in [-0.15, -0.1) is 0 Å². The number of benzene rings is 2. The summed E-state index contributed by atoms with van der Waals surface area (Å²) < 4.78 is 0. The molecule has 2 fully saturated rings. The fraction of sp³-hybridized carbons (Fsp3) is 0.391. The normalized spacial score (nSPS) is 20.8. The van der Waals surface area contributed by atoms with Crippen molar-refractivity contribution in [2.45, 2.75) is 31.8 Å². The smallest absolute Gasteiger partial charge is 0.227 e. The van der Waals surface area contributed by atoms with Crippen LogP contribution >= 0.6 is 11.6 Å². The topological polar surface area (TPSA) is 52.7 Å². The Morgan fingerprint density at radius 2 is 1.72 bits per heavy atom. The van der Waals surface area contributed by atoms with Crippen molar-refractivity contribution in [3.05, 3.63) is 65.2 Å². The van der Waals surface area contributed by atoms with Gasteiger partial charge in [-0.05, 0) is 42.7 Å². The molecule has 0 saturated carbocycles. The van der Waals surface area contributed by atoms with Gasteiger partial charge in [0.25, 0.3) is 0 Å². The molecule has 2 aliphatic heterocycles. The van der Waals surface area contributed by atoms with E-state index in [2.05, 4.69) is 34.5 Å². The predicted octanol–water partition coefficient (Wildman–Crippen LogP) is 3.47. The van der Waals surface area contributed by atoms with Crippen LogP contribution in [0.4, 0.5) is 5.69 Å². The molecule has 2 aliphatic rings. The highest BCUT2D eigenvalue weighted by molar-refractivity contribution is 6.30.